The average molecular weight is 1010 g/mol. The normalized spacial score (nSPS) is 13.6. The largest absolute Gasteiger partial charge is 0.479 e. The van der Waals surface area contributed by atoms with Crippen molar-refractivity contribution in [2.75, 3.05) is 27.0 Å². The van der Waals surface area contributed by atoms with Gasteiger partial charge in [0.05, 0.1) is 22.3 Å². The SMILES string of the molecule is C.CC(=O)OCN1C(=O)c2ccc(C(=O)c3ccc4c(c3)C(=O)N(COC(C)=O)C4=O)cc2C1=O.CC(=O)OCOC(=O)C(C)Oc1ccc2c(c1)C(=O)c1ccc(OC(C)C(=O)OCOC(C)=O)cc1C2=O. The Hall–Kier alpha value is -9.41. The quantitative estimate of drug-likeness (QED) is 0.0445. The van der Waals surface area contributed by atoms with Crippen LogP contribution in [0, 0.1) is 0 Å². The van der Waals surface area contributed by atoms with Gasteiger partial charge in [-0.1, -0.05) is 19.6 Å². The van der Waals surface area contributed by atoms with E-state index >= 15 is 0 Å². The second-order valence-corrected chi connectivity index (χ2v) is 15.5. The molecule has 0 saturated heterocycles. The molecular formula is C50H44N2O21. The van der Waals surface area contributed by atoms with Crippen LogP contribution in [0.2, 0.25) is 0 Å². The lowest BCUT2D eigenvalue weighted by Gasteiger charge is -2.21. The highest BCUT2D eigenvalue weighted by Gasteiger charge is 2.39. The summed E-state index contributed by atoms with van der Waals surface area (Å²) in [6.45, 7) is 5.21. The molecule has 7 rings (SSSR count). The van der Waals surface area contributed by atoms with Crippen LogP contribution in [0.25, 0.3) is 0 Å². The van der Waals surface area contributed by atoms with Crippen LogP contribution in [0.5, 0.6) is 11.5 Å². The Kier molecular flexibility index (Phi) is 17.2. The van der Waals surface area contributed by atoms with Crippen molar-refractivity contribution < 1.29 is 100 Å². The van der Waals surface area contributed by atoms with Gasteiger partial charge >= 0.3 is 35.8 Å². The molecule has 2 aliphatic heterocycles. The molecule has 4 aromatic carbocycles. The Morgan fingerprint density at radius 2 is 0.740 bits per heavy atom. The summed E-state index contributed by atoms with van der Waals surface area (Å²) in [6.07, 6.45) is -2.18. The van der Waals surface area contributed by atoms with E-state index in [0.717, 1.165) is 37.5 Å². The van der Waals surface area contributed by atoms with Crippen LogP contribution in [0.1, 0.15) is 138 Å². The minimum atomic E-state index is -1.09. The van der Waals surface area contributed by atoms with E-state index in [9.17, 15) is 62.3 Å². The summed E-state index contributed by atoms with van der Waals surface area (Å²) in [6, 6.07) is 16.2. The van der Waals surface area contributed by atoms with Gasteiger partial charge in [-0.2, -0.15) is 0 Å². The van der Waals surface area contributed by atoms with E-state index in [4.69, 9.17) is 28.4 Å². The maximum atomic E-state index is 13.1. The molecule has 2 unspecified atom stereocenters. The summed E-state index contributed by atoms with van der Waals surface area (Å²) >= 11 is 0. The first-order valence-corrected chi connectivity index (χ1v) is 21.2. The Bertz CT molecular complexity index is 2830. The van der Waals surface area contributed by atoms with Gasteiger partial charge in [-0.05, 0) is 74.5 Å². The van der Waals surface area contributed by atoms with Gasteiger partial charge in [0, 0.05) is 61.1 Å². The molecule has 4 aromatic rings. The molecule has 0 N–H and O–H groups in total. The summed E-state index contributed by atoms with van der Waals surface area (Å²) in [4.78, 5) is 158. The summed E-state index contributed by atoms with van der Waals surface area (Å²) in [5, 5.41) is 0. The predicted molar refractivity (Wildman–Crippen MR) is 243 cm³/mol. The molecule has 380 valence electrons. The number of imide groups is 2. The Morgan fingerprint density at radius 1 is 0.411 bits per heavy atom. The first-order valence-electron chi connectivity index (χ1n) is 21.2. The Labute approximate surface area is 414 Å². The van der Waals surface area contributed by atoms with E-state index in [1.807, 2.05) is 0 Å². The molecule has 23 heteroatoms. The van der Waals surface area contributed by atoms with Crippen LogP contribution in [0.3, 0.4) is 0 Å². The monoisotopic (exact) mass is 1010 g/mol. The third kappa shape index (κ3) is 12.3. The van der Waals surface area contributed by atoms with Crippen LogP contribution >= 0.6 is 0 Å². The first-order chi connectivity index (χ1) is 34.1. The van der Waals surface area contributed by atoms with Crippen molar-refractivity contribution in [2.24, 2.45) is 0 Å². The number of benzene rings is 4. The smallest absolute Gasteiger partial charge is 0.349 e. The van der Waals surface area contributed by atoms with Crippen molar-refractivity contribution in [3.05, 3.63) is 128 Å². The van der Waals surface area contributed by atoms with Gasteiger partial charge < -0.3 is 37.9 Å². The molecule has 0 aromatic heterocycles. The molecule has 4 amide bonds. The molecular weight excluding hydrogens is 965 g/mol. The third-order valence-electron chi connectivity index (χ3n) is 10.4. The van der Waals surface area contributed by atoms with Gasteiger partial charge in [-0.25, -0.2) is 19.4 Å². The molecule has 1 aliphatic carbocycles. The van der Waals surface area contributed by atoms with Gasteiger partial charge in [0.1, 0.15) is 11.5 Å². The molecule has 0 saturated carbocycles. The van der Waals surface area contributed by atoms with Crippen molar-refractivity contribution in [1.82, 2.24) is 9.80 Å². The molecule has 0 spiro atoms. The lowest BCUT2D eigenvalue weighted by atomic mass is 9.84. The number of nitrogens with zero attached hydrogens (tertiary/aromatic N) is 2. The fourth-order valence-electron chi connectivity index (χ4n) is 6.91. The van der Waals surface area contributed by atoms with Gasteiger partial charge in [-0.15, -0.1) is 0 Å². The predicted octanol–water partition coefficient (Wildman–Crippen LogP) is 3.91. The molecule has 0 bridgehead atoms. The highest BCUT2D eigenvalue weighted by Crippen LogP contribution is 2.33. The van der Waals surface area contributed by atoms with E-state index in [1.165, 1.54) is 86.6 Å². The summed E-state index contributed by atoms with van der Waals surface area (Å²) < 4.78 is 39.2. The minimum absolute atomic E-state index is 0. The number of hydrogen-bond donors (Lipinski definition) is 0. The topological polar surface area (TPSA) is 302 Å². The average Bonchev–Trinajstić information content (AvgIpc) is 3.72. The number of rotatable bonds is 16. The van der Waals surface area contributed by atoms with Crippen molar-refractivity contribution >= 4 is 76.8 Å². The molecule has 73 heavy (non-hydrogen) atoms. The first kappa shape index (κ1) is 54.5. The van der Waals surface area contributed by atoms with Crippen molar-refractivity contribution in [3.63, 3.8) is 0 Å². The fourth-order valence-corrected chi connectivity index (χ4v) is 6.91. The van der Waals surface area contributed by atoms with E-state index in [-0.39, 0.29) is 74.6 Å². The van der Waals surface area contributed by atoms with E-state index in [0.29, 0.717) is 0 Å². The highest BCUT2D eigenvalue weighted by molar-refractivity contribution is 6.29. The second kappa shape index (κ2) is 23.0. The van der Waals surface area contributed by atoms with Crippen LogP contribution < -0.4 is 9.47 Å². The Balaban J connectivity index is 0.000000268. The molecule has 2 heterocycles. The molecule has 2 atom stereocenters. The number of esters is 6. The van der Waals surface area contributed by atoms with Crippen LogP contribution in [0.15, 0.2) is 72.8 Å². The minimum Gasteiger partial charge on any atom is -0.479 e. The van der Waals surface area contributed by atoms with Crippen molar-refractivity contribution in [2.45, 2.75) is 61.2 Å². The number of hydrogen-bond acceptors (Lipinski definition) is 21. The molecule has 3 aliphatic rings. The van der Waals surface area contributed by atoms with Crippen molar-refractivity contribution in [1.29, 1.82) is 0 Å². The maximum absolute atomic E-state index is 13.1. The number of carbonyl (C=O) groups is 13. The van der Waals surface area contributed by atoms with E-state index in [1.54, 1.807) is 0 Å². The van der Waals surface area contributed by atoms with Gasteiger partial charge in [-0.3, -0.25) is 52.7 Å². The van der Waals surface area contributed by atoms with Gasteiger partial charge in [0.15, 0.2) is 43.0 Å². The third-order valence-corrected chi connectivity index (χ3v) is 10.4. The lowest BCUT2D eigenvalue weighted by molar-refractivity contribution is -0.172. The van der Waals surface area contributed by atoms with E-state index in [2.05, 4.69) is 9.47 Å². The summed E-state index contributed by atoms with van der Waals surface area (Å²) in [5.74, 6) is -8.07. The fraction of sp³-hybridized carbons (Fsp3) is 0.260. The zero-order valence-electron chi connectivity index (χ0n) is 38.9. The zero-order valence-corrected chi connectivity index (χ0v) is 38.9. The molecule has 0 fully saturated rings. The molecule has 23 nitrogen and oxygen atoms in total. The Morgan fingerprint density at radius 3 is 1.08 bits per heavy atom. The highest BCUT2D eigenvalue weighted by atomic mass is 16.7. The number of carbonyl (C=O) groups excluding carboxylic acids is 13. The lowest BCUT2D eigenvalue weighted by Crippen LogP contribution is -2.32. The second-order valence-electron chi connectivity index (χ2n) is 15.5. The van der Waals surface area contributed by atoms with E-state index < -0.39 is 116 Å². The number of amides is 4. The molecule has 0 radical (unpaired) electrons. The van der Waals surface area contributed by atoms with Crippen LogP contribution in [0.4, 0.5) is 0 Å². The summed E-state index contributed by atoms with van der Waals surface area (Å²) in [5.41, 5.74) is 0.607. The summed E-state index contributed by atoms with van der Waals surface area (Å²) in [7, 11) is 0. The number of ketones is 3. The number of fused-ring (bicyclic) bond motifs is 4. The van der Waals surface area contributed by atoms with Crippen molar-refractivity contribution in [3.8, 4) is 11.5 Å². The van der Waals surface area contributed by atoms with Gasteiger partial charge in [0.25, 0.3) is 23.6 Å². The number of ether oxygens (including phenoxy) is 8. The van der Waals surface area contributed by atoms with Gasteiger partial charge in [0.2, 0.25) is 13.6 Å². The maximum Gasteiger partial charge on any atom is 0.349 e. The van der Waals surface area contributed by atoms with Crippen LogP contribution in [-0.2, 0) is 57.2 Å². The van der Waals surface area contributed by atoms with Crippen LogP contribution in [-0.4, -0.2) is 126 Å². The standard InChI is InChI=1S/C26H24O12.C23H16N2O9.CH4/c1-13(25(31)35-11-33-15(3)27)37-17-5-7-19-21(9-17)23(29)20-8-6-18(10-22(20)24(19)30)38-14(2)26(32)36-12-34-16(4)28;1-11(26)33-9-24-20(29)15-5-3-13(7-17(15)22(24)31)19(28)14-4-6-16-18(8-14)23(32)25(21(16)30)10-34-12(2)27;/h5-10,13-14H,11-12H2,1-4H3;3-8H,9-10H2,1-2H3;1H4. The zero-order chi connectivity index (χ0) is 52.7.